The average molecular weight is 523 g/mol. The molecule has 2 heterocycles. The predicted octanol–water partition coefficient (Wildman–Crippen LogP) is 5.84. The first-order valence-corrected chi connectivity index (χ1v) is 11.6. The molecule has 0 radical (unpaired) electrons. The maximum atomic E-state index is 13.4. The van der Waals surface area contributed by atoms with E-state index in [0.29, 0.717) is 15.7 Å². The first kappa shape index (κ1) is 23.3. The number of thiophene rings is 1. The molecule has 1 amide bonds. The Morgan fingerprint density at radius 1 is 1.12 bits per heavy atom. The fourth-order valence-corrected chi connectivity index (χ4v) is 4.61. The number of hydrogen-bond acceptors (Lipinski definition) is 6. The van der Waals surface area contributed by atoms with Crippen LogP contribution in [0.4, 0.5) is 5.00 Å². The summed E-state index contributed by atoms with van der Waals surface area (Å²) in [5, 5.41) is 9.98. The number of anilines is 1. The highest BCUT2D eigenvalue weighted by atomic mass is 35.5. The molecular formula is C22H14Cl3N3O4S. The maximum Gasteiger partial charge on any atom is 0.359 e. The van der Waals surface area contributed by atoms with Gasteiger partial charge in [0.05, 0.1) is 28.3 Å². The van der Waals surface area contributed by atoms with Gasteiger partial charge in [0.25, 0.3) is 11.5 Å². The third-order valence-electron chi connectivity index (χ3n) is 4.57. The number of hydrogen-bond donors (Lipinski definition) is 1. The quantitative estimate of drug-likeness (QED) is 0.333. The molecule has 0 aliphatic heterocycles. The summed E-state index contributed by atoms with van der Waals surface area (Å²) < 4.78 is 6.17. The molecule has 0 unspecified atom stereocenters. The van der Waals surface area contributed by atoms with Crippen molar-refractivity contribution in [1.82, 2.24) is 9.78 Å². The van der Waals surface area contributed by atoms with Gasteiger partial charge in [-0.05, 0) is 43.3 Å². The molecule has 0 aliphatic carbocycles. The molecule has 0 saturated heterocycles. The molecule has 1 N–H and O–H groups in total. The van der Waals surface area contributed by atoms with Gasteiger partial charge < -0.3 is 10.1 Å². The summed E-state index contributed by atoms with van der Waals surface area (Å²) in [5.74, 6) is -1.26. The highest BCUT2D eigenvalue weighted by Crippen LogP contribution is 2.32. The number of rotatable bonds is 5. The second kappa shape index (κ2) is 9.52. The topological polar surface area (TPSA) is 90.3 Å². The standard InChI is InChI=1S/C22H14Cl3N3O4S/c1-2-32-22(31)18-15-10-33-20(26-19(29)14-9-12(24)6-7-16(14)25)17(15)21(30)28(27-18)13-5-3-4-11(23)8-13/h3-10H,2H2,1H3,(H,26,29). The first-order chi connectivity index (χ1) is 15.8. The number of carbonyl (C=O) groups is 2. The summed E-state index contributed by atoms with van der Waals surface area (Å²) in [5.41, 5.74) is -0.125. The van der Waals surface area contributed by atoms with E-state index >= 15 is 0 Å². The first-order valence-electron chi connectivity index (χ1n) is 9.54. The van der Waals surface area contributed by atoms with Crippen LogP contribution in [0.2, 0.25) is 15.1 Å². The van der Waals surface area contributed by atoms with Gasteiger partial charge >= 0.3 is 5.97 Å². The largest absolute Gasteiger partial charge is 0.461 e. The Labute approximate surface area is 206 Å². The van der Waals surface area contributed by atoms with Gasteiger partial charge in [0.2, 0.25) is 0 Å². The smallest absolute Gasteiger partial charge is 0.359 e. The number of halogens is 3. The summed E-state index contributed by atoms with van der Waals surface area (Å²) in [6, 6.07) is 10.9. The van der Waals surface area contributed by atoms with Crippen molar-refractivity contribution in [1.29, 1.82) is 0 Å². The highest BCUT2D eigenvalue weighted by molar-refractivity contribution is 7.16. The van der Waals surface area contributed by atoms with Gasteiger partial charge in [0.15, 0.2) is 5.69 Å². The van der Waals surface area contributed by atoms with Crippen LogP contribution < -0.4 is 10.9 Å². The average Bonchev–Trinajstić information content (AvgIpc) is 3.20. The minimum Gasteiger partial charge on any atom is -0.461 e. The van der Waals surface area contributed by atoms with Crippen LogP contribution in [0.5, 0.6) is 0 Å². The minimum absolute atomic E-state index is 0.0658. The van der Waals surface area contributed by atoms with E-state index in [1.165, 1.54) is 18.2 Å². The summed E-state index contributed by atoms with van der Waals surface area (Å²) in [6.07, 6.45) is 0. The van der Waals surface area contributed by atoms with E-state index in [2.05, 4.69) is 10.4 Å². The second-order valence-electron chi connectivity index (χ2n) is 6.70. The maximum absolute atomic E-state index is 13.4. The van der Waals surface area contributed by atoms with Gasteiger partial charge in [-0.3, -0.25) is 9.59 Å². The van der Waals surface area contributed by atoms with Gasteiger partial charge in [-0.15, -0.1) is 11.3 Å². The third-order valence-corrected chi connectivity index (χ3v) is 6.27. The molecule has 33 heavy (non-hydrogen) atoms. The summed E-state index contributed by atoms with van der Waals surface area (Å²) in [7, 11) is 0. The van der Waals surface area contributed by atoms with Crippen molar-refractivity contribution in [2.75, 3.05) is 11.9 Å². The molecule has 0 aliphatic rings. The lowest BCUT2D eigenvalue weighted by atomic mass is 10.2. The SMILES string of the molecule is CCOC(=O)c1nn(-c2cccc(Cl)c2)c(=O)c2c(NC(=O)c3cc(Cl)ccc3Cl)scc12. The normalized spacial score (nSPS) is 10.9. The number of nitrogens with zero attached hydrogens (tertiary/aromatic N) is 2. The van der Waals surface area contributed by atoms with E-state index in [0.717, 1.165) is 16.0 Å². The lowest BCUT2D eigenvalue weighted by Crippen LogP contribution is -2.25. The molecule has 4 aromatic rings. The van der Waals surface area contributed by atoms with Crippen LogP contribution in [0.3, 0.4) is 0 Å². The molecular weight excluding hydrogens is 509 g/mol. The number of fused-ring (bicyclic) bond motifs is 1. The fraction of sp³-hybridized carbons (Fsp3) is 0.0909. The van der Waals surface area contributed by atoms with Crippen LogP contribution in [0.1, 0.15) is 27.8 Å². The Morgan fingerprint density at radius 3 is 2.61 bits per heavy atom. The number of ether oxygens (including phenoxy) is 1. The molecule has 11 heteroatoms. The number of esters is 1. The number of carbonyl (C=O) groups excluding carboxylic acids is 2. The van der Waals surface area contributed by atoms with Crippen LogP contribution >= 0.6 is 46.1 Å². The van der Waals surface area contributed by atoms with Crippen LogP contribution in [-0.4, -0.2) is 28.3 Å². The van der Waals surface area contributed by atoms with Crippen molar-refractivity contribution < 1.29 is 14.3 Å². The van der Waals surface area contributed by atoms with Gasteiger partial charge in [-0.1, -0.05) is 40.9 Å². The van der Waals surface area contributed by atoms with E-state index < -0.39 is 17.4 Å². The van der Waals surface area contributed by atoms with Crippen LogP contribution in [0.25, 0.3) is 16.5 Å². The van der Waals surface area contributed by atoms with Gasteiger partial charge in [-0.2, -0.15) is 9.78 Å². The molecule has 4 rings (SSSR count). The van der Waals surface area contributed by atoms with Gasteiger partial charge in [-0.25, -0.2) is 4.79 Å². The van der Waals surface area contributed by atoms with E-state index in [1.807, 2.05) is 0 Å². The number of amides is 1. The van der Waals surface area contributed by atoms with Crippen LogP contribution in [0, 0.1) is 0 Å². The molecule has 0 spiro atoms. The Morgan fingerprint density at radius 2 is 1.88 bits per heavy atom. The summed E-state index contributed by atoms with van der Waals surface area (Å²) in [4.78, 5) is 38.9. The second-order valence-corrected chi connectivity index (χ2v) is 8.86. The van der Waals surface area contributed by atoms with Crippen LogP contribution in [-0.2, 0) is 4.74 Å². The van der Waals surface area contributed by atoms with Crippen molar-refractivity contribution in [2.45, 2.75) is 6.92 Å². The molecule has 0 fully saturated rings. The van der Waals surface area contributed by atoms with Crippen molar-refractivity contribution in [2.24, 2.45) is 0 Å². The molecule has 168 valence electrons. The van der Waals surface area contributed by atoms with E-state index in [1.54, 1.807) is 36.6 Å². The Hall–Kier alpha value is -2.91. The fourth-order valence-electron chi connectivity index (χ4n) is 3.12. The molecule has 0 saturated carbocycles. The monoisotopic (exact) mass is 521 g/mol. The Bertz CT molecular complexity index is 1470. The number of nitrogens with one attached hydrogen (secondary N) is 1. The number of aromatic nitrogens is 2. The van der Waals surface area contributed by atoms with E-state index in [-0.39, 0.29) is 38.7 Å². The Balaban J connectivity index is 1.90. The molecule has 2 aromatic carbocycles. The molecule has 7 nitrogen and oxygen atoms in total. The Kier molecular flexibility index (Phi) is 6.71. The molecule has 2 aromatic heterocycles. The van der Waals surface area contributed by atoms with Crippen molar-refractivity contribution in [3.63, 3.8) is 0 Å². The highest BCUT2D eigenvalue weighted by Gasteiger charge is 2.24. The lowest BCUT2D eigenvalue weighted by molar-refractivity contribution is 0.0520. The van der Waals surface area contributed by atoms with E-state index in [4.69, 9.17) is 39.5 Å². The summed E-state index contributed by atoms with van der Waals surface area (Å²) in [6.45, 7) is 1.79. The summed E-state index contributed by atoms with van der Waals surface area (Å²) >= 11 is 19.3. The predicted molar refractivity (Wildman–Crippen MR) is 131 cm³/mol. The molecule has 0 atom stereocenters. The van der Waals surface area contributed by atoms with Crippen molar-refractivity contribution in [3.8, 4) is 5.69 Å². The zero-order valence-electron chi connectivity index (χ0n) is 16.9. The third kappa shape index (κ3) is 4.60. The van der Waals surface area contributed by atoms with Crippen LogP contribution in [0.15, 0.2) is 52.6 Å². The zero-order chi connectivity index (χ0) is 23.7. The molecule has 0 bridgehead atoms. The van der Waals surface area contributed by atoms with Crippen molar-refractivity contribution >= 4 is 73.8 Å². The van der Waals surface area contributed by atoms with E-state index in [9.17, 15) is 14.4 Å². The van der Waals surface area contributed by atoms with Gasteiger partial charge in [0, 0.05) is 20.8 Å². The minimum atomic E-state index is -0.702. The lowest BCUT2D eigenvalue weighted by Gasteiger charge is -2.10. The van der Waals surface area contributed by atoms with Gasteiger partial charge in [0.1, 0.15) is 5.00 Å². The number of benzene rings is 2. The zero-order valence-corrected chi connectivity index (χ0v) is 20.0. The van der Waals surface area contributed by atoms with Crippen molar-refractivity contribution in [3.05, 3.63) is 84.5 Å².